The summed E-state index contributed by atoms with van der Waals surface area (Å²) >= 11 is 0. The second-order valence-corrected chi connectivity index (χ2v) is 8.56. The molecule has 0 saturated heterocycles. The van der Waals surface area contributed by atoms with Crippen molar-refractivity contribution in [3.8, 4) is 0 Å². The molecule has 1 N–H and O–H groups in total. The van der Waals surface area contributed by atoms with Gasteiger partial charge in [-0.3, -0.25) is 4.21 Å². The molecule has 0 aromatic carbocycles. The van der Waals surface area contributed by atoms with E-state index in [9.17, 15) is 4.21 Å². The van der Waals surface area contributed by atoms with Gasteiger partial charge in [-0.2, -0.15) is 0 Å². The van der Waals surface area contributed by atoms with E-state index in [0.717, 1.165) is 12.2 Å². The minimum absolute atomic E-state index is 0.166. The van der Waals surface area contributed by atoms with E-state index in [4.69, 9.17) is 5.11 Å². The van der Waals surface area contributed by atoms with Gasteiger partial charge in [0.25, 0.3) is 0 Å². The predicted octanol–water partition coefficient (Wildman–Crippen LogP) is 6.16. The summed E-state index contributed by atoms with van der Waals surface area (Å²) in [5.41, 5.74) is 0. The molecule has 24 heavy (non-hydrogen) atoms. The molecule has 0 aromatic heterocycles. The molecule has 0 amide bonds. The monoisotopic (exact) mass is 358 g/mol. The molecule has 0 spiro atoms. The van der Waals surface area contributed by atoms with Crippen molar-refractivity contribution in [2.24, 2.45) is 0 Å². The lowest BCUT2D eigenvalue weighted by atomic mass is 10.1. The molecule has 3 heteroatoms. The van der Waals surface area contributed by atoms with Crippen LogP contribution in [-0.4, -0.2) is 27.4 Å². The molecule has 1 atom stereocenters. The Kier molecular flexibility index (Phi) is 20.8. The molecule has 0 aliphatic heterocycles. The zero-order valence-corrected chi connectivity index (χ0v) is 17.0. The molecule has 0 aliphatic rings. The first-order valence-electron chi connectivity index (χ1n) is 10.4. The lowest BCUT2D eigenvalue weighted by molar-refractivity contribution is 0.296. The lowest BCUT2D eigenvalue weighted by Gasteiger charge is -2.02. The van der Waals surface area contributed by atoms with Crippen molar-refractivity contribution in [2.75, 3.05) is 18.1 Å². The van der Waals surface area contributed by atoms with Crippen molar-refractivity contribution in [1.29, 1.82) is 0 Å². The van der Waals surface area contributed by atoms with Crippen LogP contribution in [0.25, 0.3) is 0 Å². The summed E-state index contributed by atoms with van der Waals surface area (Å²) in [6.45, 7) is 2.44. The van der Waals surface area contributed by atoms with Crippen LogP contribution in [0.3, 0.4) is 0 Å². The van der Waals surface area contributed by atoms with E-state index in [1.165, 1.54) is 83.5 Å². The highest BCUT2D eigenvalue weighted by Gasteiger charge is 1.99. The van der Waals surface area contributed by atoms with E-state index in [-0.39, 0.29) is 6.61 Å². The molecular weight excluding hydrogens is 316 g/mol. The van der Waals surface area contributed by atoms with Gasteiger partial charge in [-0.05, 0) is 38.5 Å². The molecule has 0 aromatic rings. The van der Waals surface area contributed by atoms with Crippen LogP contribution in [0.1, 0.15) is 103 Å². The summed E-state index contributed by atoms with van der Waals surface area (Å²) in [6.07, 6.45) is 23.8. The highest BCUT2D eigenvalue weighted by atomic mass is 32.2. The molecule has 1 unspecified atom stereocenters. The summed E-state index contributed by atoms with van der Waals surface area (Å²) in [4.78, 5) is 0. The Labute approximate surface area is 154 Å². The van der Waals surface area contributed by atoms with Crippen molar-refractivity contribution in [1.82, 2.24) is 0 Å². The second-order valence-electron chi connectivity index (χ2n) is 6.86. The SMILES string of the molecule is CCCCCCCCC=CCCCCCCCCS(=O)CCCO. The Morgan fingerprint density at radius 2 is 1.12 bits per heavy atom. The van der Waals surface area contributed by atoms with Gasteiger partial charge in [0.05, 0.1) is 0 Å². The second kappa shape index (κ2) is 20.9. The molecule has 144 valence electrons. The maximum absolute atomic E-state index is 11.5. The summed E-state index contributed by atoms with van der Waals surface area (Å²) < 4.78 is 11.5. The van der Waals surface area contributed by atoms with Crippen molar-refractivity contribution < 1.29 is 9.32 Å². The number of unbranched alkanes of at least 4 members (excludes halogenated alkanes) is 12. The van der Waals surface area contributed by atoms with Crippen LogP contribution in [0.2, 0.25) is 0 Å². The molecule has 0 radical (unpaired) electrons. The summed E-state index contributed by atoms with van der Waals surface area (Å²) in [5.74, 6) is 1.49. The maximum atomic E-state index is 11.5. The van der Waals surface area contributed by atoms with Crippen LogP contribution in [0, 0.1) is 0 Å². The summed E-state index contributed by atoms with van der Waals surface area (Å²) in [5, 5.41) is 8.69. The third-order valence-corrected chi connectivity index (χ3v) is 5.90. The fourth-order valence-electron chi connectivity index (χ4n) is 2.84. The minimum Gasteiger partial charge on any atom is -0.396 e. The van der Waals surface area contributed by atoms with E-state index in [0.29, 0.717) is 12.2 Å². The first-order valence-corrected chi connectivity index (χ1v) is 11.9. The van der Waals surface area contributed by atoms with Gasteiger partial charge >= 0.3 is 0 Å². The van der Waals surface area contributed by atoms with Crippen LogP contribution in [-0.2, 0) is 10.8 Å². The Balaban J connectivity index is 3.14. The smallest absolute Gasteiger partial charge is 0.0439 e. The number of aliphatic hydroxyl groups is 1. The lowest BCUT2D eigenvalue weighted by Crippen LogP contribution is -2.04. The highest BCUT2D eigenvalue weighted by Crippen LogP contribution is 2.10. The van der Waals surface area contributed by atoms with Crippen LogP contribution >= 0.6 is 0 Å². The molecule has 0 heterocycles. The fraction of sp³-hybridized carbons (Fsp3) is 0.905. The molecule has 0 rings (SSSR count). The van der Waals surface area contributed by atoms with E-state index >= 15 is 0 Å². The van der Waals surface area contributed by atoms with Gasteiger partial charge < -0.3 is 5.11 Å². The van der Waals surface area contributed by atoms with E-state index in [1.54, 1.807) is 0 Å². The van der Waals surface area contributed by atoms with Crippen molar-refractivity contribution >= 4 is 10.8 Å². The Morgan fingerprint density at radius 1 is 0.667 bits per heavy atom. The molecule has 0 saturated carbocycles. The summed E-state index contributed by atoms with van der Waals surface area (Å²) in [7, 11) is -0.706. The number of hydrogen-bond donors (Lipinski definition) is 1. The molecule has 0 aliphatic carbocycles. The zero-order valence-electron chi connectivity index (χ0n) is 16.1. The largest absolute Gasteiger partial charge is 0.396 e. The van der Waals surface area contributed by atoms with Gasteiger partial charge in [0.1, 0.15) is 0 Å². The maximum Gasteiger partial charge on any atom is 0.0439 e. The third kappa shape index (κ3) is 19.9. The van der Waals surface area contributed by atoms with Gasteiger partial charge in [-0.1, -0.05) is 76.9 Å². The first-order chi connectivity index (χ1) is 11.8. The third-order valence-electron chi connectivity index (χ3n) is 4.41. The fourth-order valence-corrected chi connectivity index (χ4v) is 4.02. The number of hydrogen-bond acceptors (Lipinski definition) is 2. The van der Waals surface area contributed by atoms with Gasteiger partial charge in [-0.15, -0.1) is 0 Å². The summed E-state index contributed by atoms with van der Waals surface area (Å²) in [6, 6.07) is 0. The van der Waals surface area contributed by atoms with Crippen LogP contribution in [0.5, 0.6) is 0 Å². The predicted molar refractivity (Wildman–Crippen MR) is 109 cm³/mol. The topological polar surface area (TPSA) is 37.3 Å². The van der Waals surface area contributed by atoms with Gasteiger partial charge in [0.2, 0.25) is 0 Å². The Morgan fingerprint density at radius 3 is 1.67 bits per heavy atom. The van der Waals surface area contributed by atoms with Gasteiger partial charge in [-0.25, -0.2) is 0 Å². The Bertz CT molecular complexity index is 290. The zero-order chi connectivity index (χ0) is 17.7. The Hall–Kier alpha value is -0.150. The van der Waals surface area contributed by atoms with Gasteiger partial charge in [0, 0.05) is 28.9 Å². The van der Waals surface area contributed by atoms with E-state index in [1.807, 2.05) is 0 Å². The van der Waals surface area contributed by atoms with Crippen molar-refractivity contribution in [3.63, 3.8) is 0 Å². The van der Waals surface area contributed by atoms with E-state index in [2.05, 4.69) is 19.1 Å². The molecule has 0 bridgehead atoms. The van der Waals surface area contributed by atoms with Crippen molar-refractivity contribution in [2.45, 2.75) is 103 Å². The minimum atomic E-state index is -0.706. The first kappa shape index (κ1) is 23.9. The quantitative estimate of drug-likeness (QED) is 0.222. The average Bonchev–Trinajstić information content (AvgIpc) is 2.59. The van der Waals surface area contributed by atoms with E-state index < -0.39 is 10.8 Å². The molecule has 2 nitrogen and oxygen atoms in total. The van der Waals surface area contributed by atoms with Gasteiger partial charge in [0.15, 0.2) is 0 Å². The van der Waals surface area contributed by atoms with Crippen LogP contribution in [0.4, 0.5) is 0 Å². The number of rotatable bonds is 19. The van der Waals surface area contributed by atoms with Crippen LogP contribution < -0.4 is 0 Å². The number of aliphatic hydroxyl groups excluding tert-OH is 1. The average molecular weight is 359 g/mol. The van der Waals surface area contributed by atoms with Crippen LogP contribution in [0.15, 0.2) is 12.2 Å². The molecular formula is C21H42O2S. The van der Waals surface area contributed by atoms with Crippen molar-refractivity contribution in [3.05, 3.63) is 12.2 Å². The molecule has 0 fully saturated rings. The number of allylic oxidation sites excluding steroid dienone is 2. The normalized spacial score (nSPS) is 12.9. The standard InChI is InChI=1S/C21H42O2S/c1-2-3-4-5-6-7-8-9-10-11-12-13-14-15-16-17-20-24(23)21-18-19-22/h9-10,22H,2-8,11-21H2,1H3. The highest BCUT2D eigenvalue weighted by molar-refractivity contribution is 7.84.